The van der Waals surface area contributed by atoms with Gasteiger partial charge in [-0.2, -0.15) is 0 Å². The second-order valence-corrected chi connectivity index (χ2v) is 4.68. The maximum atomic E-state index is 9.48. The van der Waals surface area contributed by atoms with Crippen molar-refractivity contribution in [1.82, 2.24) is 5.32 Å². The number of ether oxygens (including phenoxy) is 1. The van der Waals surface area contributed by atoms with Crippen LogP contribution in [-0.4, -0.2) is 18.3 Å². The van der Waals surface area contributed by atoms with Gasteiger partial charge in [0.05, 0.1) is 12.6 Å². The second kappa shape index (κ2) is 7.68. The summed E-state index contributed by atoms with van der Waals surface area (Å²) in [4.78, 5) is 0. The Morgan fingerprint density at radius 2 is 1.80 bits per heavy atom. The lowest BCUT2D eigenvalue weighted by Gasteiger charge is -2.17. The lowest BCUT2D eigenvalue weighted by atomic mass is 10.1. The molecule has 3 nitrogen and oxygen atoms in total. The Kier molecular flexibility index (Phi) is 5.59. The third-order valence-corrected chi connectivity index (χ3v) is 3.06. The number of hydrogen-bond acceptors (Lipinski definition) is 3. The predicted molar refractivity (Wildman–Crippen MR) is 81.1 cm³/mol. The summed E-state index contributed by atoms with van der Waals surface area (Å²) in [5.41, 5.74) is 1.04. The van der Waals surface area contributed by atoms with Gasteiger partial charge >= 0.3 is 0 Å². The largest absolute Gasteiger partial charge is 0.457 e. The minimum absolute atomic E-state index is 0.0470. The molecule has 3 heteroatoms. The molecule has 2 aromatic carbocycles. The van der Waals surface area contributed by atoms with Crippen molar-refractivity contribution in [1.29, 1.82) is 0 Å². The van der Waals surface area contributed by atoms with Crippen LogP contribution in [0.2, 0.25) is 0 Å². The molecule has 106 valence electrons. The van der Waals surface area contributed by atoms with E-state index in [1.807, 2.05) is 54.6 Å². The Morgan fingerprint density at radius 3 is 2.50 bits per heavy atom. The monoisotopic (exact) mass is 271 g/mol. The van der Waals surface area contributed by atoms with E-state index in [2.05, 4.69) is 12.2 Å². The first kappa shape index (κ1) is 14.6. The van der Waals surface area contributed by atoms with Crippen molar-refractivity contribution < 1.29 is 9.84 Å². The second-order valence-electron chi connectivity index (χ2n) is 4.68. The van der Waals surface area contributed by atoms with Crippen LogP contribution < -0.4 is 10.1 Å². The standard InChI is InChI=1S/C17H21NO2/c1-2-11-18-17(13-19)14-7-6-10-16(12-14)20-15-8-4-3-5-9-15/h3-10,12,17-19H,2,11,13H2,1H3. The summed E-state index contributed by atoms with van der Waals surface area (Å²) in [6.07, 6.45) is 1.04. The number of nitrogens with one attached hydrogen (secondary N) is 1. The maximum Gasteiger partial charge on any atom is 0.127 e. The molecule has 0 aromatic heterocycles. The molecule has 0 heterocycles. The van der Waals surface area contributed by atoms with Gasteiger partial charge in [-0.25, -0.2) is 0 Å². The van der Waals surface area contributed by atoms with Gasteiger partial charge in [0, 0.05) is 0 Å². The zero-order valence-electron chi connectivity index (χ0n) is 11.8. The summed E-state index contributed by atoms with van der Waals surface area (Å²) in [5, 5.41) is 12.8. The molecular formula is C17H21NO2. The molecule has 0 fully saturated rings. The minimum atomic E-state index is -0.0470. The van der Waals surface area contributed by atoms with Gasteiger partial charge in [-0.05, 0) is 42.8 Å². The summed E-state index contributed by atoms with van der Waals surface area (Å²) >= 11 is 0. The molecule has 0 saturated heterocycles. The molecule has 0 amide bonds. The molecule has 2 rings (SSSR count). The third-order valence-electron chi connectivity index (χ3n) is 3.06. The molecule has 2 aromatic rings. The van der Waals surface area contributed by atoms with Gasteiger partial charge in [0.1, 0.15) is 11.5 Å². The van der Waals surface area contributed by atoms with E-state index in [0.29, 0.717) is 0 Å². The zero-order valence-corrected chi connectivity index (χ0v) is 11.8. The summed E-state index contributed by atoms with van der Waals surface area (Å²) in [6.45, 7) is 3.07. The smallest absolute Gasteiger partial charge is 0.127 e. The minimum Gasteiger partial charge on any atom is -0.457 e. The first-order valence-corrected chi connectivity index (χ1v) is 7.00. The van der Waals surface area contributed by atoms with Crippen molar-refractivity contribution in [3.05, 3.63) is 60.2 Å². The van der Waals surface area contributed by atoms with Crippen LogP contribution in [0.15, 0.2) is 54.6 Å². The zero-order chi connectivity index (χ0) is 14.2. The molecular weight excluding hydrogens is 250 g/mol. The van der Waals surface area contributed by atoms with Crippen LogP contribution in [0.4, 0.5) is 0 Å². The van der Waals surface area contributed by atoms with Crippen molar-refractivity contribution in [3.63, 3.8) is 0 Å². The fourth-order valence-corrected chi connectivity index (χ4v) is 2.03. The Bertz CT molecular complexity index is 513. The molecule has 1 atom stereocenters. The molecule has 1 unspecified atom stereocenters. The quantitative estimate of drug-likeness (QED) is 0.809. The fraction of sp³-hybridized carbons (Fsp3) is 0.294. The van der Waals surface area contributed by atoms with Crippen LogP contribution in [-0.2, 0) is 0 Å². The van der Waals surface area contributed by atoms with Crippen molar-refractivity contribution in [2.45, 2.75) is 19.4 Å². The van der Waals surface area contributed by atoms with Gasteiger partial charge in [0.15, 0.2) is 0 Å². The van der Waals surface area contributed by atoms with E-state index in [-0.39, 0.29) is 12.6 Å². The normalized spacial score (nSPS) is 12.1. The highest BCUT2D eigenvalue weighted by Gasteiger charge is 2.10. The van der Waals surface area contributed by atoms with E-state index >= 15 is 0 Å². The Hall–Kier alpha value is -1.84. The van der Waals surface area contributed by atoms with Gasteiger partial charge < -0.3 is 15.2 Å². The fourth-order valence-electron chi connectivity index (χ4n) is 2.03. The predicted octanol–water partition coefficient (Wildman–Crippen LogP) is 3.51. The van der Waals surface area contributed by atoms with Gasteiger partial charge in [-0.1, -0.05) is 37.3 Å². The van der Waals surface area contributed by atoms with E-state index in [1.165, 1.54) is 0 Å². The summed E-state index contributed by atoms with van der Waals surface area (Å²) in [5.74, 6) is 1.59. The number of aliphatic hydroxyl groups excluding tert-OH is 1. The SMILES string of the molecule is CCCNC(CO)c1cccc(Oc2ccccc2)c1. The van der Waals surface area contributed by atoms with Crippen molar-refractivity contribution in [2.24, 2.45) is 0 Å². The first-order chi connectivity index (χ1) is 9.83. The first-order valence-electron chi connectivity index (χ1n) is 7.00. The van der Waals surface area contributed by atoms with Crippen LogP contribution in [0.3, 0.4) is 0 Å². The molecule has 0 radical (unpaired) electrons. The Labute approximate surface area is 120 Å². The third kappa shape index (κ3) is 4.08. The number of benzene rings is 2. The number of aliphatic hydroxyl groups is 1. The summed E-state index contributed by atoms with van der Waals surface area (Å²) in [6, 6.07) is 17.5. The highest BCUT2D eigenvalue weighted by atomic mass is 16.5. The van der Waals surface area contributed by atoms with E-state index in [9.17, 15) is 5.11 Å². The molecule has 0 bridgehead atoms. The van der Waals surface area contributed by atoms with E-state index < -0.39 is 0 Å². The highest BCUT2D eigenvalue weighted by molar-refractivity contribution is 5.35. The average Bonchev–Trinajstić information content (AvgIpc) is 2.49. The molecule has 0 aliphatic heterocycles. The van der Waals surface area contributed by atoms with Crippen LogP contribution in [0.1, 0.15) is 24.9 Å². The molecule has 0 aliphatic carbocycles. The molecule has 0 aliphatic rings. The van der Waals surface area contributed by atoms with Crippen molar-refractivity contribution in [3.8, 4) is 11.5 Å². The summed E-state index contributed by atoms with van der Waals surface area (Å²) in [7, 11) is 0. The van der Waals surface area contributed by atoms with Gasteiger partial charge in [0.2, 0.25) is 0 Å². The van der Waals surface area contributed by atoms with Crippen molar-refractivity contribution >= 4 is 0 Å². The van der Waals surface area contributed by atoms with Crippen LogP contribution in [0, 0.1) is 0 Å². The van der Waals surface area contributed by atoms with Crippen LogP contribution in [0.5, 0.6) is 11.5 Å². The molecule has 20 heavy (non-hydrogen) atoms. The van der Waals surface area contributed by atoms with E-state index in [4.69, 9.17) is 4.74 Å². The maximum absolute atomic E-state index is 9.48. The number of para-hydroxylation sites is 1. The van der Waals surface area contributed by atoms with Crippen LogP contribution >= 0.6 is 0 Å². The van der Waals surface area contributed by atoms with Crippen LogP contribution in [0.25, 0.3) is 0 Å². The molecule has 0 spiro atoms. The van der Waals surface area contributed by atoms with E-state index in [1.54, 1.807) is 0 Å². The number of rotatable bonds is 7. The Morgan fingerprint density at radius 1 is 1.05 bits per heavy atom. The van der Waals surface area contributed by atoms with E-state index in [0.717, 1.165) is 30.0 Å². The topological polar surface area (TPSA) is 41.5 Å². The summed E-state index contributed by atoms with van der Waals surface area (Å²) < 4.78 is 5.81. The van der Waals surface area contributed by atoms with Crippen molar-refractivity contribution in [2.75, 3.05) is 13.2 Å². The average molecular weight is 271 g/mol. The van der Waals surface area contributed by atoms with Gasteiger partial charge in [-0.3, -0.25) is 0 Å². The number of hydrogen-bond donors (Lipinski definition) is 2. The Balaban J connectivity index is 2.10. The highest BCUT2D eigenvalue weighted by Crippen LogP contribution is 2.24. The van der Waals surface area contributed by atoms with Gasteiger partial charge in [0.25, 0.3) is 0 Å². The van der Waals surface area contributed by atoms with Gasteiger partial charge in [-0.15, -0.1) is 0 Å². The lowest BCUT2D eigenvalue weighted by molar-refractivity contribution is 0.244. The molecule has 0 saturated carbocycles. The lowest BCUT2D eigenvalue weighted by Crippen LogP contribution is -2.25. The molecule has 2 N–H and O–H groups in total.